The Kier molecular flexibility index (Phi) is 3.90. The van der Waals surface area contributed by atoms with E-state index in [9.17, 15) is 4.79 Å². The van der Waals surface area contributed by atoms with Crippen molar-refractivity contribution in [3.8, 4) is 5.75 Å². The van der Waals surface area contributed by atoms with E-state index < -0.39 is 9.22 Å². The van der Waals surface area contributed by atoms with Crippen molar-refractivity contribution in [1.82, 2.24) is 0 Å². The predicted octanol–water partition coefficient (Wildman–Crippen LogP) is 3.77. The van der Waals surface area contributed by atoms with Crippen LogP contribution in [0.4, 0.5) is 0 Å². The molecule has 0 radical (unpaired) electrons. The number of rotatable bonds is 2. The number of alkyl halides is 3. The van der Waals surface area contributed by atoms with Gasteiger partial charge in [-0.3, -0.25) is 4.79 Å². The molecule has 0 heterocycles. The average Bonchev–Trinajstić information content (AvgIpc) is 2.02. The first-order chi connectivity index (χ1) is 6.38. The van der Waals surface area contributed by atoms with E-state index in [2.05, 4.69) is 0 Å². The molecule has 0 aromatic heterocycles. The highest BCUT2D eigenvalue weighted by molar-refractivity contribution is 6.67. The molecule has 0 spiro atoms. The zero-order chi connectivity index (χ0) is 10.8. The summed E-state index contributed by atoms with van der Waals surface area (Å²) in [5, 5.41) is -0.551. The van der Waals surface area contributed by atoms with Crippen LogP contribution in [0.25, 0.3) is 0 Å². The van der Waals surface area contributed by atoms with Crippen molar-refractivity contribution in [2.75, 3.05) is 0 Å². The van der Waals surface area contributed by atoms with Gasteiger partial charge in [-0.05, 0) is 70.7 Å². The molecule has 1 aromatic rings. The number of halogens is 4. The molecule has 0 aliphatic carbocycles. The fourth-order valence-electron chi connectivity index (χ4n) is 0.788. The van der Waals surface area contributed by atoms with E-state index in [4.69, 9.17) is 51.1 Å². The first-order valence-corrected chi connectivity index (χ1v) is 4.95. The van der Waals surface area contributed by atoms with Crippen molar-refractivity contribution >= 4 is 51.6 Å². The Morgan fingerprint density at radius 1 is 1.14 bits per heavy atom. The van der Waals surface area contributed by atoms with Crippen LogP contribution in [-0.2, 0) is 0 Å². The van der Waals surface area contributed by atoms with E-state index in [1.54, 1.807) is 0 Å². The lowest BCUT2D eigenvalue weighted by molar-refractivity contribution is 0.108. The molecule has 0 fully saturated rings. The molecule has 0 aliphatic heterocycles. The van der Waals surface area contributed by atoms with Gasteiger partial charge in [-0.25, -0.2) is 0 Å². The quantitative estimate of drug-likeness (QED) is 0.606. The van der Waals surface area contributed by atoms with Crippen LogP contribution in [0.5, 0.6) is 5.75 Å². The van der Waals surface area contributed by atoms with Crippen LogP contribution in [0, 0.1) is 0 Å². The monoisotopic (exact) mass is 272 g/mol. The molecule has 6 heteroatoms. The van der Waals surface area contributed by atoms with Crippen LogP contribution in [0.15, 0.2) is 24.3 Å². The molecule has 0 atom stereocenters. The molecule has 0 unspecified atom stereocenters. The van der Waals surface area contributed by atoms with Gasteiger partial charge in [0, 0.05) is 5.56 Å². The smallest absolute Gasteiger partial charge is 0.338 e. The first-order valence-electron chi connectivity index (χ1n) is 3.44. The van der Waals surface area contributed by atoms with E-state index in [0.29, 0.717) is 11.3 Å². The molecule has 0 bridgehead atoms. The Hall–Kier alpha value is -0.150. The summed E-state index contributed by atoms with van der Waals surface area (Å²) < 4.78 is 3.07. The lowest BCUT2D eigenvalue weighted by atomic mass is 10.2. The van der Waals surface area contributed by atoms with Crippen molar-refractivity contribution < 1.29 is 9.53 Å². The molecule has 0 aliphatic rings. The molecule has 14 heavy (non-hydrogen) atoms. The van der Waals surface area contributed by atoms with Gasteiger partial charge in [0.05, 0.1) is 0 Å². The fourth-order valence-corrected chi connectivity index (χ4v) is 1.18. The van der Waals surface area contributed by atoms with E-state index in [-0.39, 0.29) is 0 Å². The lowest BCUT2D eigenvalue weighted by Crippen LogP contribution is -2.12. The van der Waals surface area contributed by atoms with Gasteiger partial charge in [0.2, 0.25) is 0 Å². The normalized spacial score (nSPS) is 11.1. The molecule has 1 rings (SSSR count). The second-order valence-corrected chi connectivity index (χ2v) is 4.87. The average molecular weight is 274 g/mol. The van der Waals surface area contributed by atoms with Crippen LogP contribution in [0.1, 0.15) is 10.4 Å². The SMILES string of the molecule is O=C(Cl)c1ccc(OC(Cl)(Cl)Cl)cc1. The van der Waals surface area contributed by atoms with Gasteiger partial charge in [0.15, 0.2) is 0 Å². The van der Waals surface area contributed by atoms with E-state index in [0.717, 1.165) is 0 Å². The van der Waals surface area contributed by atoms with Gasteiger partial charge in [-0.15, -0.1) is 0 Å². The number of ether oxygens (including phenoxy) is 1. The Morgan fingerprint density at radius 3 is 2.00 bits per heavy atom. The second kappa shape index (κ2) is 4.58. The minimum atomic E-state index is -1.81. The second-order valence-electron chi connectivity index (χ2n) is 2.35. The summed E-state index contributed by atoms with van der Waals surface area (Å²) in [5.41, 5.74) is 0.350. The van der Waals surface area contributed by atoms with Gasteiger partial charge in [0.25, 0.3) is 5.24 Å². The van der Waals surface area contributed by atoms with Crippen molar-refractivity contribution in [3.63, 3.8) is 0 Å². The zero-order valence-electron chi connectivity index (χ0n) is 6.64. The topological polar surface area (TPSA) is 26.3 Å². The van der Waals surface area contributed by atoms with Gasteiger partial charge in [-0.2, -0.15) is 0 Å². The van der Waals surface area contributed by atoms with E-state index in [1.165, 1.54) is 24.3 Å². The highest BCUT2D eigenvalue weighted by atomic mass is 35.6. The Bertz CT molecular complexity index is 328. The van der Waals surface area contributed by atoms with Gasteiger partial charge >= 0.3 is 3.98 Å². The van der Waals surface area contributed by atoms with Crippen molar-refractivity contribution in [1.29, 1.82) is 0 Å². The molecule has 0 N–H and O–H groups in total. The zero-order valence-corrected chi connectivity index (χ0v) is 9.66. The van der Waals surface area contributed by atoms with Gasteiger partial charge in [0.1, 0.15) is 5.75 Å². The summed E-state index contributed by atoms with van der Waals surface area (Å²) >= 11 is 21.4. The third-order valence-corrected chi connectivity index (χ3v) is 1.76. The summed E-state index contributed by atoms with van der Waals surface area (Å²) in [7, 11) is 0. The maximum Gasteiger partial charge on any atom is 0.338 e. The van der Waals surface area contributed by atoms with Crippen LogP contribution >= 0.6 is 46.4 Å². The third-order valence-electron chi connectivity index (χ3n) is 1.31. The summed E-state index contributed by atoms with van der Waals surface area (Å²) in [5.74, 6) is 0.340. The number of hydrogen-bond acceptors (Lipinski definition) is 2. The Morgan fingerprint density at radius 2 is 1.64 bits per heavy atom. The molecule has 1 aromatic carbocycles. The highest BCUT2D eigenvalue weighted by Gasteiger charge is 2.21. The number of benzene rings is 1. The van der Waals surface area contributed by atoms with Crippen LogP contribution in [-0.4, -0.2) is 9.22 Å². The van der Waals surface area contributed by atoms with Crippen molar-refractivity contribution in [2.45, 2.75) is 3.98 Å². The standard InChI is InChI=1S/C8H4Cl4O2/c9-7(13)5-1-3-6(4-2-5)14-8(10,11)12/h1-4H. The molecule has 2 nitrogen and oxygen atoms in total. The first kappa shape index (κ1) is 11.9. The van der Waals surface area contributed by atoms with Crippen molar-refractivity contribution in [2.24, 2.45) is 0 Å². The molecular formula is C8H4Cl4O2. The largest absolute Gasteiger partial charge is 0.446 e. The summed E-state index contributed by atoms with van der Waals surface area (Å²) in [6.45, 7) is 0. The summed E-state index contributed by atoms with van der Waals surface area (Å²) in [6.07, 6.45) is 0. The van der Waals surface area contributed by atoms with Gasteiger partial charge in [-0.1, -0.05) is 0 Å². The number of hydrogen-bond donors (Lipinski definition) is 0. The fraction of sp³-hybridized carbons (Fsp3) is 0.125. The minimum absolute atomic E-state index is 0.340. The summed E-state index contributed by atoms with van der Waals surface area (Å²) in [4.78, 5) is 10.7. The van der Waals surface area contributed by atoms with Crippen LogP contribution in [0.2, 0.25) is 0 Å². The molecule has 0 amide bonds. The predicted molar refractivity (Wildman–Crippen MR) is 57.5 cm³/mol. The maximum absolute atomic E-state index is 10.7. The Balaban J connectivity index is 2.79. The summed E-state index contributed by atoms with van der Waals surface area (Å²) in [6, 6.07) is 5.91. The number of carbonyl (C=O) groups excluding carboxylic acids is 1. The van der Waals surface area contributed by atoms with E-state index >= 15 is 0 Å². The van der Waals surface area contributed by atoms with Crippen LogP contribution < -0.4 is 4.74 Å². The Labute approximate surface area is 101 Å². The molecule has 76 valence electrons. The molecule has 0 saturated carbocycles. The van der Waals surface area contributed by atoms with Crippen molar-refractivity contribution in [3.05, 3.63) is 29.8 Å². The lowest BCUT2D eigenvalue weighted by Gasteiger charge is -2.13. The highest BCUT2D eigenvalue weighted by Crippen LogP contribution is 2.30. The number of carbonyl (C=O) groups is 1. The molecule has 0 saturated heterocycles. The van der Waals surface area contributed by atoms with E-state index in [1.807, 2.05) is 0 Å². The maximum atomic E-state index is 10.7. The van der Waals surface area contributed by atoms with Gasteiger partial charge < -0.3 is 4.74 Å². The van der Waals surface area contributed by atoms with Crippen LogP contribution in [0.3, 0.4) is 0 Å². The minimum Gasteiger partial charge on any atom is -0.446 e. The molecular weight excluding hydrogens is 270 g/mol. The third kappa shape index (κ3) is 3.93.